The van der Waals surface area contributed by atoms with Crippen molar-refractivity contribution in [2.24, 2.45) is 0 Å². The van der Waals surface area contributed by atoms with E-state index < -0.39 is 15.9 Å². The highest BCUT2D eigenvalue weighted by Gasteiger charge is 2.29. The van der Waals surface area contributed by atoms with Crippen LogP contribution in [0.15, 0.2) is 72.2 Å². The Morgan fingerprint density at radius 1 is 1.16 bits per heavy atom. The van der Waals surface area contributed by atoms with Crippen molar-refractivity contribution >= 4 is 15.6 Å². The Bertz CT molecular complexity index is 1200. The van der Waals surface area contributed by atoms with E-state index in [4.69, 9.17) is 4.74 Å². The summed E-state index contributed by atoms with van der Waals surface area (Å²) in [4.78, 5) is 3.87. The third-order valence-corrected chi connectivity index (χ3v) is 6.86. The molecule has 0 spiro atoms. The van der Waals surface area contributed by atoms with Crippen LogP contribution in [0.2, 0.25) is 0 Å². The Morgan fingerprint density at radius 3 is 2.69 bits per heavy atom. The SMILES string of the molecule is CCC(F)(F)c1cncc(Oc2ccc(C3=CC=CCC4=C3NS(=O)(=O)CCC4)cc2)c1. The van der Waals surface area contributed by atoms with Crippen LogP contribution >= 0.6 is 0 Å². The molecule has 0 amide bonds. The van der Waals surface area contributed by atoms with Crippen LogP contribution < -0.4 is 9.46 Å². The molecule has 0 unspecified atom stereocenters. The van der Waals surface area contributed by atoms with E-state index in [-0.39, 0.29) is 23.5 Å². The van der Waals surface area contributed by atoms with Crippen molar-refractivity contribution < 1.29 is 21.9 Å². The number of aromatic nitrogens is 1. The topological polar surface area (TPSA) is 68.3 Å². The zero-order valence-corrected chi connectivity index (χ0v) is 18.5. The zero-order valence-electron chi connectivity index (χ0n) is 17.6. The molecule has 1 aliphatic heterocycles. The average molecular weight is 459 g/mol. The molecular weight excluding hydrogens is 434 g/mol. The van der Waals surface area contributed by atoms with Crippen LogP contribution in [0.5, 0.6) is 11.5 Å². The number of rotatable bonds is 5. The monoisotopic (exact) mass is 458 g/mol. The number of sulfonamides is 1. The summed E-state index contributed by atoms with van der Waals surface area (Å²) in [6.07, 6.45) is 10.1. The normalized spacial score (nSPS) is 18.2. The Kier molecular flexibility index (Phi) is 6.15. The molecule has 0 saturated heterocycles. The Morgan fingerprint density at radius 2 is 1.94 bits per heavy atom. The summed E-state index contributed by atoms with van der Waals surface area (Å²) in [5, 5.41) is 0. The molecule has 0 fully saturated rings. The van der Waals surface area contributed by atoms with Gasteiger partial charge in [0.1, 0.15) is 11.5 Å². The van der Waals surface area contributed by atoms with Gasteiger partial charge in [-0.3, -0.25) is 9.71 Å². The van der Waals surface area contributed by atoms with Crippen molar-refractivity contribution in [2.45, 2.75) is 38.5 Å². The minimum absolute atomic E-state index is 0.105. The molecule has 0 bridgehead atoms. The Hall–Kier alpha value is -3.00. The molecule has 2 heterocycles. The van der Waals surface area contributed by atoms with Crippen molar-refractivity contribution in [3.8, 4) is 11.5 Å². The predicted octanol–water partition coefficient (Wildman–Crippen LogP) is 5.69. The van der Waals surface area contributed by atoms with Crippen molar-refractivity contribution in [3.63, 3.8) is 0 Å². The molecular formula is C24H24F2N2O3S. The van der Waals surface area contributed by atoms with Crippen molar-refractivity contribution in [1.82, 2.24) is 9.71 Å². The van der Waals surface area contributed by atoms with Gasteiger partial charge >= 0.3 is 0 Å². The number of halogens is 2. The maximum Gasteiger partial charge on any atom is 0.274 e. The van der Waals surface area contributed by atoms with Gasteiger partial charge in [0.15, 0.2) is 0 Å². The quantitative estimate of drug-likeness (QED) is 0.625. The fraction of sp³-hybridized carbons (Fsp3) is 0.292. The molecule has 2 aliphatic rings. The van der Waals surface area contributed by atoms with Gasteiger partial charge in [-0.15, -0.1) is 0 Å². The lowest BCUT2D eigenvalue weighted by molar-refractivity contribution is -0.00878. The summed E-state index contributed by atoms with van der Waals surface area (Å²) in [7, 11) is -3.38. The number of allylic oxidation sites excluding steroid dienone is 5. The summed E-state index contributed by atoms with van der Waals surface area (Å²) in [5.74, 6) is -2.17. The third-order valence-electron chi connectivity index (χ3n) is 5.52. The molecule has 32 heavy (non-hydrogen) atoms. The van der Waals surface area contributed by atoms with Crippen LogP contribution in [0.4, 0.5) is 8.78 Å². The van der Waals surface area contributed by atoms with Crippen LogP contribution in [-0.2, 0) is 15.9 Å². The molecule has 2 aromatic rings. The standard InChI is InChI=1S/C24H24F2N2O3S/c1-2-24(25,26)19-14-21(16-27-15-19)31-20-11-9-17(10-12-20)22-8-4-3-6-18-7-5-13-32(29,30)28-23(18)22/h3-4,8-12,14-16,28H,2,5-7,13H2,1H3. The van der Waals surface area contributed by atoms with Crippen molar-refractivity contribution in [1.29, 1.82) is 0 Å². The highest BCUT2D eigenvalue weighted by molar-refractivity contribution is 7.89. The highest BCUT2D eigenvalue weighted by Crippen LogP contribution is 2.35. The van der Waals surface area contributed by atoms with Gasteiger partial charge in [-0.1, -0.05) is 37.3 Å². The van der Waals surface area contributed by atoms with Crippen molar-refractivity contribution in [3.05, 3.63) is 83.4 Å². The number of pyridine rings is 1. The van der Waals surface area contributed by atoms with Gasteiger partial charge in [0, 0.05) is 23.8 Å². The van der Waals surface area contributed by atoms with Gasteiger partial charge in [-0.2, -0.15) is 0 Å². The van der Waals surface area contributed by atoms with E-state index in [0.29, 0.717) is 24.3 Å². The first kappa shape index (κ1) is 22.2. The van der Waals surface area contributed by atoms with E-state index in [1.165, 1.54) is 19.2 Å². The van der Waals surface area contributed by atoms with Gasteiger partial charge in [-0.25, -0.2) is 17.2 Å². The van der Waals surface area contributed by atoms with Gasteiger partial charge in [0.2, 0.25) is 10.0 Å². The van der Waals surface area contributed by atoms with Crippen LogP contribution in [0, 0.1) is 0 Å². The number of ether oxygens (including phenoxy) is 1. The number of hydrogen-bond acceptors (Lipinski definition) is 4. The van der Waals surface area contributed by atoms with Crippen molar-refractivity contribution in [2.75, 3.05) is 5.75 Å². The van der Waals surface area contributed by atoms with Crippen LogP contribution in [0.1, 0.15) is 43.7 Å². The molecule has 0 atom stereocenters. The van der Waals surface area contributed by atoms with E-state index >= 15 is 0 Å². The first-order chi connectivity index (χ1) is 15.3. The smallest absolute Gasteiger partial charge is 0.274 e. The maximum absolute atomic E-state index is 14.0. The third kappa shape index (κ3) is 4.91. The lowest BCUT2D eigenvalue weighted by Crippen LogP contribution is -2.25. The average Bonchev–Trinajstić information content (AvgIpc) is 3.05. The number of nitrogens with zero attached hydrogens (tertiary/aromatic N) is 1. The number of alkyl halides is 2. The largest absolute Gasteiger partial charge is 0.456 e. The zero-order chi connectivity index (χ0) is 22.8. The van der Waals surface area contributed by atoms with Gasteiger partial charge in [-0.05, 0) is 48.6 Å². The van der Waals surface area contributed by atoms with E-state index in [0.717, 1.165) is 29.3 Å². The molecule has 1 N–H and O–H groups in total. The highest BCUT2D eigenvalue weighted by atomic mass is 32.2. The molecule has 168 valence electrons. The first-order valence-corrected chi connectivity index (χ1v) is 12.1. The van der Waals surface area contributed by atoms with Gasteiger partial charge in [0.25, 0.3) is 5.92 Å². The summed E-state index contributed by atoms with van der Waals surface area (Å²) >= 11 is 0. The molecule has 8 heteroatoms. The minimum atomic E-state index is -3.38. The summed E-state index contributed by atoms with van der Waals surface area (Å²) in [6.45, 7) is 1.42. The molecule has 1 aliphatic carbocycles. The van der Waals surface area contributed by atoms with Crippen LogP contribution in [-0.4, -0.2) is 19.2 Å². The number of hydrogen-bond donors (Lipinski definition) is 1. The first-order valence-electron chi connectivity index (χ1n) is 10.5. The summed E-state index contributed by atoms with van der Waals surface area (Å²) in [6, 6.07) is 8.38. The van der Waals surface area contributed by atoms with Crippen LogP contribution in [0.25, 0.3) is 5.57 Å². The molecule has 1 aromatic carbocycles. The number of benzene rings is 1. The second-order valence-corrected chi connectivity index (χ2v) is 9.65. The van der Waals surface area contributed by atoms with E-state index in [2.05, 4.69) is 9.71 Å². The molecule has 5 nitrogen and oxygen atoms in total. The van der Waals surface area contributed by atoms with Gasteiger partial charge in [0.05, 0.1) is 17.6 Å². The summed E-state index contributed by atoms with van der Waals surface area (Å²) in [5.41, 5.74) is 3.12. The fourth-order valence-corrected chi connectivity index (χ4v) is 4.94. The lowest BCUT2D eigenvalue weighted by Gasteiger charge is -2.17. The maximum atomic E-state index is 14.0. The Labute approximate surface area is 186 Å². The molecule has 4 rings (SSSR count). The second-order valence-electron chi connectivity index (χ2n) is 7.81. The Balaban J connectivity index is 1.59. The predicted molar refractivity (Wildman–Crippen MR) is 120 cm³/mol. The van der Waals surface area contributed by atoms with E-state index in [1.807, 2.05) is 30.4 Å². The number of nitrogens with one attached hydrogen (secondary N) is 1. The van der Waals surface area contributed by atoms with E-state index in [1.54, 1.807) is 12.1 Å². The minimum Gasteiger partial charge on any atom is -0.456 e. The lowest BCUT2D eigenvalue weighted by atomic mass is 9.97. The summed E-state index contributed by atoms with van der Waals surface area (Å²) < 4.78 is 61.0. The molecule has 1 aromatic heterocycles. The molecule has 0 radical (unpaired) electrons. The van der Waals surface area contributed by atoms with E-state index in [9.17, 15) is 17.2 Å². The van der Waals surface area contributed by atoms with Gasteiger partial charge < -0.3 is 4.74 Å². The fourth-order valence-electron chi connectivity index (χ4n) is 3.74. The molecule has 0 saturated carbocycles. The van der Waals surface area contributed by atoms with Crippen LogP contribution in [0.3, 0.4) is 0 Å². The second kappa shape index (κ2) is 8.86.